The number of carbonyl (C=O) groups excluding carboxylic acids is 1. The van der Waals surface area contributed by atoms with Gasteiger partial charge in [0.2, 0.25) is 4.96 Å². The van der Waals surface area contributed by atoms with Crippen molar-refractivity contribution in [3.8, 4) is 0 Å². The second-order valence-electron chi connectivity index (χ2n) is 7.31. The molecular formula is C18H20N6O2S. The number of hydrogen-bond acceptors (Lipinski definition) is 6. The molecule has 0 aromatic carbocycles. The molecule has 0 unspecified atom stereocenters. The van der Waals surface area contributed by atoms with Crippen molar-refractivity contribution in [2.45, 2.75) is 32.4 Å². The Morgan fingerprint density at radius 2 is 2.30 bits per heavy atom. The van der Waals surface area contributed by atoms with Crippen LogP contribution >= 0.6 is 11.3 Å². The van der Waals surface area contributed by atoms with Gasteiger partial charge < -0.3 is 15.2 Å². The molecule has 2 N–H and O–H groups in total. The van der Waals surface area contributed by atoms with Crippen molar-refractivity contribution in [3.63, 3.8) is 0 Å². The van der Waals surface area contributed by atoms with Gasteiger partial charge in [0, 0.05) is 24.7 Å². The fraction of sp³-hybridized carbons (Fsp3) is 0.444. The zero-order valence-electron chi connectivity index (χ0n) is 14.9. The first kappa shape index (κ1) is 16.6. The van der Waals surface area contributed by atoms with Gasteiger partial charge in [0.05, 0.1) is 18.4 Å². The smallest absolute Gasteiger partial charge is 0.263 e. The zero-order chi connectivity index (χ0) is 18.5. The molecule has 2 aliphatic rings. The molecule has 3 aromatic heterocycles. The Balaban J connectivity index is 1.36. The van der Waals surface area contributed by atoms with Gasteiger partial charge in [0.1, 0.15) is 10.6 Å². The van der Waals surface area contributed by atoms with Crippen molar-refractivity contribution < 1.29 is 4.79 Å². The molecule has 2 bridgehead atoms. The number of amides is 1. The number of piperidine rings is 1. The molecule has 0 saturated carbocycles. The number of nitrogens with zero attached hydrogens (tertiary/aromatic N) is 4. The van der Waals surface area contributed by atoms with E-state index >= 15 is 0 Å². The van der Waals surface area contributed by atoms with Crippen LogP contribution in [0.5, 0.6) is 0 Å². The summed E-state index contributed by atoms with van der Waals surface area (Å²) in [6.07, 6.45) is 2.91. The summed E-state index contributed by atoms with van der Waals surface area (Å²) in [6.45, 7) is 4.70. The molecule has 0 spiro atoms. The van der Waals surface area contributed by atoms with Crippen molar-refractivity contribution in [2.75, 3.05) is 13.1 Å². The molecule has 1 saturated heterocycles. The van der Waals surface area contributed by atoms with E-state index in [1.807, 2.05) is 13.0 Å². The number of pyridine rings is 1. The molecule has 9 heteroatoms. The fourth-order valence-corrected chi connectivity index (χ4v) is 4.90. The highest BCUT2D eigenvalue weighted by Crippen LogP contribution is 2.31. The summed E-state index contributed by atoms with van der Waals surface area (Å²) < 4.78 is 3.51. The van der Waals surface area contributed by atoms with Gasteiger partial charge in [-0.15, -0.1) is 0 Å². The lowest BCUT2D eigenvalue weighted by Crippen LogP contribution is -2.46. The summed E-state index contributed by atoms with van der Waals surface area (Å²) in [6, 6.07) is 3.60. The molecule has 2 aliphatic heterocycles. The SMILES string of the molecule is Cc1nn2cc(CNC(=O)c3ccc4n(c3=O)C[C@@H]3CNC[C@H]4C3)nc2s1. The van der Waals surface area contributed by atoms with Gasteiger partial charge >= 0.3 is 0 Å². The second-order valence-corrected chi connectivity index (χ2v) is 8.47. The maximum atomic E-state index is 12.9. The summed E-state index contributed by atoms with van der Waals surface area (Å²) in [4.78, 5) is 30.7. The van der Waals surface area contributed by atoms with Crippen LogP contribution in [0, 0.1) is 12.8 Å². The summed E-state index contributed by atoms with van der Waals surface area (Å²) in [5.74, 6) is 0.461. The van der Waals surface area contributed by atoms with Gasteiger partial charge in [0.15, 0.2) is 0 Å². The van der Waals surface area contributed by atoms with Crippen LogP contribution in [0.15, 0.2) is 23.1 Å². The molecule has 5 heterocycles. The standard InChI is InChI=1S/C18H20N6O2S/c1-10-22-24-9-13(21-18(24)27-10)7-20-16(25)14-2-3-15-12-4-11(5-19-6-12)8-23(15)17(14)26/h2-3,9,11-12,19H,4-8H2,1H3,(H,20,25)/t11-,12+/m0/s1. The van der Waals surface area contributed by atoms with Crippen LogP contribution < -0.4 is 16.2 Å². The first-order chi connectivity index (χ1) is 13.1. The summed E-state index contributed by atoms with van der Waals surface area (Å²) in [5.41, 5.74) is 1.77. The number of aromatic nitrogens is 4. The lowest BCUT2D eigenvalue weighted by Gasteiger charge is -2.37. The first-order valence-corrected chi connectivity index (χ1v) is 9.94. The Hall–Kier alpha value is -2.52. The van der Waals surface area contributed by atoms with E-state index < -0.39 is 0 Å². The number of hydrogen-bond donors (Lipinski definition) is 2. The van der Waals surface area contributed by atoms with E-state index in [-0.39, 0.29) is 23.6 Å². The average molecular weight is 384 g/mol. The van der Waals surface area contributed by atoms with Crippen molar-refractivity contribution >= 4 is 22.2 Å². The van der Waals surface area contributed by atoms with Gasteiger partial charge in [-0.3, -0.25) is 9.59 Å². The van der Waals surface area contributed by atoms with E-state index in [4.69, 9.17) is 0 Å². The van der Waals surface area contributed by atoms with E-state index in [1.165, 1.54) is 11.3 Å². The Kier molecular flexibility index (Phi) is 3.87. The largest absolute Gasteiger partial charge is 0.346 e. The maximum absolute atomic E-state index is 12.9. The Morgan fingerprint density at radius 3 is 3.15 bits per heavy atom. The highest BCUT2D eigenvalue weighted by Gasteiger charge is 2.31. The topological polar surface area (TPSA) is 93.3 Å². The summed E-state index contributed by atoms with van der Waals surface area (Å²) in [7, 11) is 0. The highest BCUT2D eigenvalue weighted by molar-refractivity contribution is 7.16. The van der Waals surface area contributed by atoms with Crippen LogP contribution in [0.1, 0.15) is 39.1 Å². The predicted octanol–water partition coefficient (Wildman–Crippen LogP) is 0.898. The number of carbonyl (C=O) groups is 1. The van der Waals surface area contributed by atoms with Crippen molar-refractivity contribution in [2.24, 2.45) is 5.92 Å². The van der Waals surface area contributed by atoms with E-state index in [0.29, 0.717) is 18.4 Å². The van der Waals surface area contributed by atoms with E-state index in [9.17, 15) is 9.59 Å². The average Bonchev–Trinajstić information content (AvgIpc) is 3.18. The predicted molar refractivity (Wildman–Crippen MR) is 101 cm³/mol. The molecular weight excluding hydrogens is 364 g/mol. The highest BCUT2D eigenvalue weighted by atomic mass is 32.1. The van der Waals surface area contributed by atoms with Crippen molar-refractivity contribution in [1.29, 1.82) is 0 Å². The third-order valence-electron chi connectivity index (χ3n) is 5.38. The minimum atomic E-state index is -0.357. The quantitative estimate of drug-likeness (QED) is 0.700. The van der Waals surface area contributed by atoms with Gasteiger partial charge in [-0.05, 0) is 37.9 Å². The normalized spacial score (nSPS) is 21.2. The summed E-state index contributed by atoms with van der Waals surface area (Å²) in [5, 5.41) is 11.5. The molecule has 140 valence electrons. The molecule has 27 heavy (non-hydrogen) atoms. The molecule has 3 aromatic rings. The number of nitrogens with one attached hydrogen (secondary N) is 2. The summed E-state index contributed by atoms with van der Waals surface area (Å²) >= 11 is 1.50. The molecule has 5 rings (SSSR count). The van der Waals surface area contributed by atoms with Gasteiger partial charge in [-0.2, -0.15) is 5.10 Å². The number of fused-ring (bicyclic) bond motifs is 5. The van der Waals surface area contributed by atoms with E-state index in [0.717, 1.165) is 40.9 Å². The van der Waals surface area contributed by atoms with Crippen LogP contribution in [0.2, 0.25) is 0 Å². The zero-order valence-corrected chi connectivity index (χ0v) is 15.8. The van der Waals surface area contributed by atoms with Crippen LogP contribution in [0.3, 0.4) is 0 Å². The third kappa shape index (κ3) is 2.87. The molecule has 0 radical (unpaired) electrons. The molecule has 0 aliphatic carbocycles. The number of imidazole rings is 1. The van der Waals surface area contributed by atoms with Gasteiger partial charge in [-0.1, -0.05) is 11.3 Å². The Morgan fingerprint density at radius 1 is 1.41 bits per heavy atom. The van der Waals surface area contributed by atoms with E-state index in [1.54, 1.807) is 21.3 Å². The van der Waals surface area contributed by atoms with E-state index in [2.05, 4.69) is 20.7 Å². The maximum Gasteiger partial charge on any atom is 0.263 e. The number of rotatable bonds is 3. The first-order valence-electron chi connectivity index (χ1n) is 9.13. The number of aryl methyl sites for hydroxylation is 1. The van der Waals surface area contributed by atoms with Crippen molar-refractivity contribution in [3.05, 3.63) is 50.6 Å². The minimum absolute atomic E-state index is 0.190. The van der Waals surface area contributed by atoms with Crippen LogP contribution in [0.25, 0.3) is 4.96 Å². The van der Waals surface area contributed by atoms with Crippen LogP contribution in [-0.4, -0.2) is 38.2 Å². The minimum Gasteiger partial charge on any atom is -0.346 e. The van der Waals surface area contributed by atoms with Gasteiger partial charge in [-0.25, -0.2) is 9.50 Å². The van der Waals surface area contributed by atoms with Gasteiger partial charge in [0.25, 0.3) is 11.5 Å². The van der Waals surface area contributed by atoms with Crippen LogP contribution in [-0.2, 0) is 13.1 Å². The molecule has 1 fully saturated rings. The van der Waals surface area contributed by atoms with Crippen LogP contribution in [0.4, 0.5) is 0 Å². The fourth-order valence-electron chi connectivity index (χ4n) is 4.16. The molecule has 2 atom stereocenters. The molecule has 8 nitrogen and oxygen atoms in total. The van der Waals surface area contributed by atoms with Crippen molar-refractivity contribution in [1.82, 2.24) is 29.8 Å². The Bertz CT molecular complexity index is 1070. The lowest BCUT2D eigenvalue weighted by molar-refractivity contribution is 0.0947. The lowest BCUT2D eigenvalue weighted by atomic mass is 9.84. The second kappa shape index (κ2) is 6.28. The molecule has 1 amide bonds. The Labute approximate surface area is 159 Å². The third-order valence-corrected chi connectivity index (χ3v) is 6.22. The monoisotopic (exact) mass is 384 g/mol.